The van der Waals surface area contributed by atoms with Gasteiger partial charge in [-0.3, -0.25) is 4.79 Å². The van der Waals surface area contributed by atoms with Crippen LogP contribution in [0.2, 0.25) is 0 Å². The first kappa shape index (κ1) is 15.8. The predicted octanol–water partition coefficient (Wildman–Crippen LogP) is 3.33. The lowest BCUT2D eigenvalue weighted by atomic mass is 10.2. The van der Waals surface area contributed by atoms with Gasteiger partial charge in [0.25, 0.3) is 5.91 Å². The van der Waals surface area contributed by atoms with Crippen LogP contribution in [0.4, 0.5) is 0 Å². The maximum atomic E-state index is 12.9. The highest BCUT2D eigenvalue weighted by Crippen LogP contribution is 2.39. The number of imidazole rings is 1. The number of carbonyl (C=O) groups excluding carboxylic acids is 1. The summed E-state index contributed by atoms with van der Waals surface area (Å²) in [6.45, 7) is 0.374. The number of amides is 1. The second-order valence-corrected chi connectivity index (χ2v) is 6.86. The topological polar surface area (TPSA) is 64.2 Å². The van der Waals surface area contributed by atoms with E-state index >= 15 is 0 Å². The molecule has 1 aliphatic carbocycles. The third kappa shape index (κ3) is 3.10. The summed E-state index contributed by atoms with van der Waals surface area (Å²) in [5.41, 5.74) is 4.14. The van der Waals surface area contributed by atoms with Gasteiger partial charge >= 0.3 is 0 Å². The average Bonchev–Trinajstić information content (AvgIpc) is 3.32. The van der Waals surface area contributed by atoms with E-state index in [0.717, 1.165) is 35.6 Å². The van der Waals surface area contributed by atoms with Crippen LogP contribution in [0.5, 0.6) is 0 Å². The molecule has 1 aromatic carbocycles. The molecule has 0 radical (unpaired) electrons. The van der Waals surface area contributed by atoms with Gasteiger partial charge in [-0.25, -0.2) is 9.67 Å². The number of pyridine rings is 1. The summed E-state index contributed by atoms with van der Waals surface area (Å²) in [4.78, 5) is 17.4. The minimum Gasteiger partial charge on any atom is -0.345 e. The van der Waals surface area contributed by atoms with Gasteiger partial charge in [-0.05, 0) is 43.2 Å². The normalized spacial score (nSPS) is 13.8. The number of nitrogens with zero attached hydrogens (tertiary/aromatic N) is 4. The van der Waals surface area contributed by atoms with Crippen molar-refractivity contribution >= 4 is 11.6 Å². The molecular weight excluding hydrogens is 338 g/mol. The molecule has 3 aromatic heterocycles. The lowest BCUT2D eigenvalue weighted by molar-refractivity contribution is 0.0942. The van der Waals surface area contributed by atoms with Gasteiger partial charge in [0, 0.05) is 18.3 Å². The van der Waals surface area contributed by atoms with Crippen molar-refractivity contribution in [2.75, 3.05) is 0 Å². The summed E-state index contributed by atoms with van der Waals surface area (Å²) in [5, 5.41) is 7.67. The lowest BCUT2D eigenvalue weighted by Gasteiger charge is -2.07. The molecule has 0 saturated heterocycles. The Hall–Kier alpha value is -3.41. The van der Waals surface area contributed by atoms with E-state index in [2.05, 4.69) is 15.4 Å². The third-order valence-corrected chi connectivity index (χ3v) is 4.80. The number of aromatic nitrogens is 4. The van der Waals surface area contributed by atoms with Gasteiger partial charge in [0.1, 0.15) is 11.3 Å². The van der Waals surface area contributed by atoms with Crippen LogP contribution in [0, 0.1) is 0 Å². The number of rotatable bonds is 5. The predicted molar refractivity (Wildman–Crippen MR) is 102 cm³/mol. The fourth-order valence-electron chi connectivity index (χ4n) is 3.24. The van der Waals surface area contributed by atoms with E-state index in [1.807, 2.05) is 71.4 Å². The molecule has 1 saturated carbocycles. The van der Waals surface area contributed by atoms with Crippen LogP contribution in [0.25, 0.3) is 11.3 Å². The standard InChI is InChI=1S/C21H19N5O/c27-21(22-13-16-14-25-11-5-4-8-20(25)23-16)19-12-18(15-9-10-15)24-26(19)17-6-2-1-3-7-17/h1-8,11-12,14-15H,9-10,13H2,(H,22,27). The Labute approximate surface area is 156 Å². The number of nitrogens with one attached hydrogen (secondary N) is 1. The summed E-state index contributed by atoms with van der Waals surface area (Å²) in [6.07, 6.45) is 6.17. The van der Waals surface area contributed by atoms with Gasteiger partial charge in [-0.1, -0.05) is 24.3 Å². The van der Waals surface area contributed by atoms with Crippen LogP contribution in [0.15, 0.2) is 67.0 Å². The van der Waals surface area contributed by atoms with E-state index in [4.69, 9.17) is 0 Å². The number of hydrogen-bond donors (Lipinski definition) is 1. The number of fused-ring (bicyclic) bond motifs is 1. The van der Waals surface area contributed by atoms with E-state index in [-0.39, 0.29) is 5.91 Å². The summed E-state index contributed by atoms with van der Waals surface area (Å²) in [6, 6.07) is 17.5. The molecule has 0 bridgehead atoms. The summed E-state index contributed by atoms with van der Waals surface area (Å²) in [7, 11) is 0. The summed E-state index contributed by atoms with van der Waals surface area (Å²) < 4.78 is 3.69. The summed E-state index contributed by atoms with van der Waals surface area (Å²) >= 11 is 0. The molecule has 134 valence electrons. The molecule has 1 fully saturated rings. The molecule has 27 heavy (non-hydrogen) atoms. The van der Waals surface area contributed by atoms with E-state index in [9.17, 15) is 4.79 Å². The van der Waals surface area contributed by atoms with Gasteiger partial charge < -0.3 is 9.72 Å². The van der Waals surface area contributed by atoms with Crippen molar-refractivity contribution in [3.8, 4) is 5.69 Å². The first-order chi connectivity index (χ1) is 13.3. The maximum absolute atomic E-state index is 12.9. The highest BCUT2D eigenvalue weighted by atomic mass is 16.2. The van der Waals surface area contributed by atoms with Crippen molar-refractivity contribution in [3.63, 3.8) is 0 Å². The highest BCUT2D eigenvalue weighted by molar-refractivity contribution is 5.93. The minimum atomic E-state index is -0.143. The van der Waals surface area contributed by atoms with E-state index < -0.39 is 0 Å². The Morgan fingerprint density at radius 1 is 1.11 bits per heavy atom. The molecule has 6 nitrogen and oxygen atoms in total. The molecule has 0 aliphatic heterocycles. The van der Waals surface area contributed by atoms with E-state index in [1.54, 1.807) is 4.68 Å². The van der Waals surface area contributed by atoms with Gasteiger partial charge in [0.15, 0.2) is 0 Å². The van der Waals surface area contributed by atoms with Gasteiger partial charge in [0.2, 0.25) is 0 Å². The number of hydrogen-bond acceptors (Lipinski definition) is 3. The van der Waals surface area contributed by atoms with Crippen LogP contribution in [0.3, 0.4) is 0 Å². The zero-order chi connectivity index (χ0) is 18.2. The third-order valence-electron chi connectivity index (χ3n) is 4.80. The van der Waals surface area contributed by atoms with Crippen LogP contribution < -0.4 is 5.32 Å². The van der Waals surface area contributed by atoms with Crippen LogP contribution >= 0.6 is 0 Å². The number of benzene rings is 1. The first-order valence-electron chi connectivity index (χ1n) is 9.14. The number of para-hydroxylation sites is 1. The van der Waals surface area contributed by atoms with Crippen LogP contribution in [0.1, 0.15) is 40.6 Å². The van der Waals surface area contributed by atoms with Crippen LogP contribution in [-0.4, -0.2) is 25.1 Å². The Kier molecular flexibility index (Phi) is 3.74. The molecule has 4 aromatic rings. The molecule has 5 rings (SSSR count). The minimum absolute atomic E-state index is 0.143. The fraction of sp³-hybridized carbons (Fsp3) is 0.190. The summed E-state index contributed by atoms with van der Waals surface area (Å²) in [5.74, 6) is 0.343. The zero-order valence-electron chi connectivity index (χ0n) is 14.7. The fourth-order valence-corrected chi connectivity index (χ4v) is 3.24. The SMILES string of the molecule is O=C(NCc1cn2ccccc2n1)c1cc(C2CC2)nn1-c1ccccc1. The van der Waals surface area contributed by atoms with Gasteiger partial charge in [-0.2, -0.15) is 5.10 Å². The van der Waals surface area contributed by atoms with Crippen molar-refractivity contribution in [1.82, 2.24) is 24.5 Å². The maximum Gasteiger partial charge on any atom is 0.270 e. The second kappa shape index (κ2) is 6.39. The molecule has 0 unspecified atom stereocenters. The molecule has 6 heteroatoms. The van der Waals surface area contributed by atoms with Gasteiger partial charge in [0.05, 0.1) is 23.6 Å². The lowest BCUT2D eigenvalue weighted by Crippen LogP contribution is -2.25. The highest BCUT2D eigenvalue weighted by Gasteiger charge is 2.29. The Morgan fingerprint density at radius 2 is 1.93 bits per heavy atom. The molecule has 1 amide bonds. The Morgan fingerprint density at radius 3 is 2.70 bits per heavy atom. The largest absolute Gasteiger partial charge is 0.345 e. The van der Waals surface area contributed by atoms with Crippen molar-refractivity contribution in [2.24, 2.45) is 0 Å². The zero-order valence-corrected chi connectivity index (χ0v) is 14.7. The van der Waals surface area contributed by atoms with Crippen molar-refractivity contribution in [2.45, 2.75) is 25.3 Å². The van der Waals surface area contributed by atoms with Crippen molar-refractivity contribution in [1.29, 1.82) is 0 Å². The Bertz CT molecular complexity index is 1080. The quantitative estimate of drug-likeness (QED) is 0.596. The first-order valence-corrected chi connectivity index (χ1v) is 9.14. The van der Waals surface area contributed by atoms with Crippen molar-refractivity contribution < 1.29 is 4.79 Å². The van der Waals surface area contributed by atoms with Crippen molar-refractivity contribution in [3.05, 3.63) is 84.1 Å². The molecule has 0 atom stereocenters. The molecule has 3 heterocycles. The van der Waals surface area contributed by atoms with E-state index in [1.165, 1.54) is 0 Å². The molecule has 1 aliphatic rings. The van der Waals surface area contributed by atoms with Gasteiger partial charge in [-0.15, -0.1) is 0 Å². The smallest absolute Gasteiger partial charge is 0.270 e. The van der Waals surface area contributed by atoms with Crippen LogP contribution in [-0.2, 0) is 6.54 Å². The van der Waals surface area contributed by atoms with E-state index in [0.29, 0.717) is 18.2 Å². The molecule has 0 spiro atoms. The average molecular weight is 357 g/mol. The molecule has 1 N–H and O–H groups in total. The Balaban J connectivity index is 1.40. The number of carbonyl (C=O) groups is 1. The monoisotopic (exact) mass is 357 g/mol. The molecular formula is C21H19N5O. The second-order valence-electron chi connectivity index (χ2n) is 6.86.